The second-order valence-corrected chi connectivity index (χ2v) is 6.49. The summed E-state index contributed by atoms with van der Waals surface area (Å²) >= 11 is 0. The van der Waals surface area contributed by atoms with Crippen LogP contribution in [-0.2, 0) is 4.79 Å². The minimum Gasteiger partial charge on any atom is -0.289 e. The van der Waals surface area contributed by atoms with E-state index in [4.69, 9.17) is 0 Å². The fraction of sp³-hybridized carbons (Fsp3) is 0.136. The Balaban J connectivity index is 1.73. The number of hydrogen-bond donors (Lipinski definition) is 0. The molecule has 4 rings (SSSR count). The first-order chi connectivity index (χ1) is 13.7. The van der Waals surface area contributed by atoms with Gasteiger partial charge in [0.2, 0.25) is 5.91 Å². The number of nitrogens with zero attached hydrogens (tertiary/aromatic N) is 4. The highest BCUT2D eigenvalue weighted by Crippen LogP contribution is 2.31. The molecule has 0 saturated carbocycles. The molecule has 2 amide bonds. The standard InChI is InChI=1S/C22H18N4O2/c1-15(16-9-12-23-13-10-16)25-14-19-17-6-2-3-7-18(17)21(27)26(22(19)28)20-8-4-5-11-24-20/h2-15,19H,1H3/t15-,19?/m1/s1. The van der Waals surface area contributed by atoms with Crippen molar-refractivity contribution in [1.82, 2.24) is 9.97 Å². The number of carbonyl (C=O) groups is 2. The Bertz CT molecular complexity index is 1030. The number of carbonyl (C=O) groups excluding carboxylic acids is 2. The number of anilines is 1. The van der Waals surface area contributed by atoms with E-state index >= 15 is 0 Å². The van der Waals surface area contributed by atoms with Gasteiger partial charge in [0.05, 0.1) is 12.0 Å². The maximum atomic E-state index is 13.2. The number of aliphatic imine (C=N–C) groups is 1. The lowest BCUT2D eigenvalue weighted by atomic mass is 9.89. The second-order valence-electron chi connectivity index (χ2n) is 6.49. The van der Waals surface area contributed by atoms with Gasteiger partial charge in [-0.25, -0.2) is 9.88 Å². The monoisotopic (exact) mass is 370 g/mol. The third-order valence-corrected chi connectivity index (χ3v) is 4.74. The molecule has 0 bridgehead atoms. The zero-order valence-electron chi connectivity index (χ0n) is 15.3. The summed E-state index contributed by atoms with van der Waals surface area (Å²) in [6.07, 6.45) is 6.62. The van der Waals surface area contributed by atoms with Gasteiger partial charge >= 0.3 is 0 Å². The van der Waals surface area contributed by atoms with Gasteiger partial charge in [-0.05, 0) is 48.4 Å². The Morgan fingerprint density at radius 2 is 1.75 bits per heavy atom. The third kappa shape index (κ3) is 3.20. The predicted octanol–water partition coefficient (Wildman–Crippen LogP) is 3.58. The van der Waals surface area contributed by atoms with E-state index in [1.807, 2.05) is 25.1 Å². The van der Waals surface area contributed by atoms with E-state index in [1.165, 1.54) is 0 Å². The highest BCUT2D eigenvalue weighted by Gasteiger charge is 2.39. The summed E-state index contributed by atoms with van der Waals surface area (Å²) in [5, 5.41) is 0. The summed E-state index contributed by atoms with van der Waals surface area (Å²) in [7, 11) is 0. The van der Waals surface area contributed by atoms with Crippen LogP contribution in [-0.4, -0.2) is 28.0 Å². The largest absolute Gasteiger partial charge is 0.289 e. The number of hydrogen-bond acceptors (Lipinski definition) is 5. The van der Waals surface area contributed by atoms with Gasteiger partial charge < -0.3 is 0 Å². The first-order valence-electron chi connectivity index (χ1n) is 8.98. The Labute approximate surface area is 162 Å². The molecule has 1 aliphatic rings. The van der Waals surface area contributed by atoms with E-state index in [0.717, 1.165) is 10.5 Å². The molecule has 3 aromatic rings. The maximum absolute atomic E-state index is 13.2. The van der Waals surface area contributed by atoms with Crippen LogP contribution in [0.25, 0.3) is 0 Å². The van der Waals surface area contributed by atoms with Crippen LogP contribution in [0.4, 0.5) is 5.82 Å². The Morgan fingerprint density at radius 1 is 1.00 bits per heavy atom. The second kappa shape index (κ2) is 7.52. The fourth-order valence-corrected chi connectivity index (χ4v) is 3.25. The molecule has 1 aliphatic heterocycles. The Hall–Kier alpha value is -3.67. The van der Waals surface area contributed by atoms with Crippen LogP contribution in [0.5, 0.6) is 0 Å². The normalized spacial score (nSPS) is 17.6. The van der Waals surface area contributed by atoms with E-state index in [2.05, 4.69) is 15.0 Å². The van der Waals surface area contributed by atoms with Gasteiger partial charge in [0.1, 0.15) is 5.82 Å². The minimum atomic E-state index is -0.653. The molecule has 6 nitrogen and oxygen atoms in total. The molecule has 2 atom stereocenters. The molecule has 28 heavy (non-hydrogen) atoms. The summed E-state index contributed by atoms with van der Waals surface area (Å²) in [5.41, 5.74) is 2.15. The highest BCUT2D eigenvalue weighted by molar-refractivity contribution is 6.28. The molecular formula is C22H18N4O2. The highest BCUT2D eigenvalue weighted by atomic mass is 16.2. The van der Waals surface area contributed by atoms with Crippen LogP contribution in [0, 0.1) is 0 Å². The lowest BCUT2D eigenvalue weighted by molar-refractivity contribution is -0.118. The van der Waals surface area contributed by atoms with Crippen LogP contribution in [0.2, 0.25) is 0 Å². The number of rotatable bonds is 4. The van der Waals surface area contributed by atoms with Crippen LogP contribution in [0.3, 0.4) is 0 Å². The Morgan fingerprint density at radius 3 is 2.50 bits per heavy atom. The molecule has 138 valence electrons. The lowest BCUT2D eigenvalue weighted by Gasteiger charge is -2.30. The molecule has 0 spiro atoms. The van der Waals surface area contributed by atoms with E-state index in [9.17, 15) is 9.59 Å². The van der Waals surface area contributed by atoms with Crippen molar-refractivity contribution in [2.75, 3.05) is 4.90 Å². The lowest BCUT2D eigenvalue weighted by Crippen LogP contribution is -2.46. The van der Waals surface area contributed by atoms with Crippen LogP contribution >= 0.6 is 0 Å². The van der Waals surface area contributed by atoms with Crippen molar-refractivity contribution in [3.8, 4) is 0 Å². The van der Waals surface area contributed by atoms with E-state index in [1.54, 1.807) is 61.2 Å². The predicted molar refractivity (Wildman–Crippen MR) is 106 cm³/mol. The fourth-order valence-electron chi connectivity index (χ4n) is 3.25. The topological polar surface area (TPSA) is 75.5 Å². The average Bonchev–Trinajstić information content (AvgIpc) is 2.75. The average molecular weight is 370 g/mol. The molecule has 1 aromatic carbocycles. The summed E-state index contributed by atoms with van der Waals surface area (Å²) in [5.74, 6) is -1.06. The first-order valence-corrected chi connectivity index (χ1v) is 8.98. The van der Waals surface area contributed by atoms with Crippen molar-refractivity contribution in [1.29, 1.82) is 0 Å². The molecule has 0 fully saturated rings. The number of aromatic nitrogens is 2. The summed E-state index contributed by atoms with van der Waals surface area (Å²) in [4.78, 5) is 40.1. The van der Waals surface area contributed by atoms with E-state index in [0.29, 0.717) is 16.9 Å². The maximum Gasteiger partial charge on any atom is 0.266 e. The van der Waals surface area contributed by atoms with Crippen LogP contribution in [0.1, 0.15) is 40.4 Å². The van der Waals surface area contributed by atoms with Crippen molar-refractivity contribution >= 4 is 23.8 Å². The molecule has 3 heterocycles. The summed E-state index contributed by atoms with van der Waals surface area (Å²) < 4.78 is 0. The first kappa shape index (κ1) is 17.7. The van der Waals surface area contributed by atoms with E-state index in [-0.39, 0.29) is 17.9 Å². The van der Waals surface area contributed by atoms with Gasteiger partial charge in [-0.3, -0.25) is 19.6 Å². The molecule has 0 saturated heterocycles. The van der Waals surface area contributed by atoms with Gasteiger partial charge in [-0.15, -0.1) is 0 Å². The van der Waals surface area contributed by atoms with Crippen molar-refractivity contribution < 1.29 is 9.59 Å². The molecule has 1 unspecified atom stereocenters. The van der Waals surface area contributed by atoms with Gasteiger partial charge in [0.25, 0.3) is 5.91 Å². The SMILES string of the molecule is C[C@@H](N=CC1C(=O)N(c2ccccn2)C(=O)c2ccccc21)c1ccncc1. The van der Waals surface area contributed by atoms with Crippen molar-refractivity contribution in [2.24, 2.45) is 4.99 Å². The zero-order valence-corrected chi connectivity index (χ0v) is 15.3. The van der Waals surface area contributed by atoms with E-state index < -0.39 is 5.92 Å². The number of amides is 2. The molecule has 6 heteroatoms. The minimum absolute atomic E-state index is 0.135. The van der Waals surface area contributed by atoms with Crippen molar-refractivity contribution in [3.63, 3.8) is 0 Å². The van der Waals surface area contributed by atoms with Gasteiger partial charge in [-0.2, -0.15) is 0 Å². The van der Waals surface area contributed by atoms with Gasteiger partial charge in [0.15, 0.2) is 0 Å². The number of imide groups is 1. The number of fused-ring (bicyclic) bond motifs is 1. The summed E-state index contributed by atoms with van der Waals surface area (Å²) in [6, 6.07) is 15.9. The molecule has 2 aromatic heterocycles. The smallest absolute Gasteiger partial charge is 0.266 e. The molecule has 0 N–H and O–H groups in total. The van der Waals surface area contributed by atoms with Crippen LogP contribution < -0.4 is 4.90 Å². The quantitative estimate of drug-likeness (QED) is 0.520. The Kier molecular flexibility index (Phi) is 4.76. The molecule has 0 aliphatic carbocycles. The van der Waals surface area contributed by atoms with Gasteiger partial charge in [-0.1, -0.05) is 24.3 Å². The summed E-state index contributed by atoms with van der Waals surface area (Å²) in [6.45, 7) is 1.95. The molecule has 0 radical (unpaired) electrons. The number of pyridine rings is 2. The van der Waals surface area contributed by atoms with Crippen molar-refractivity contribution in [2.45, 2.75) is 18.9 Å². The molecular weight excluding hydrogens is 352 g/mol. The zero-order chi connectivity index (χ0) is 19.5. The van der Waals surface area contributed by atoms with Crippen molar-refractivity contribution in [3.05, 3.63) is 89.9 Å². The number of benzene rings is 1. The third-order valence-electron chi connectivity index (χ3n) is 4.74. The van der Waals surface area contributed by atoms with Gasteiger partial charge in [0, 0.05) is 30.4 Å². The van der Waals surface area contributed by atoms with Crippen LogP contribution in [0.15, 0.2) is 78.2 Å².